The Bertz CT molecular complexity index is 918. The van der Waals surface area contributed by atoms with Gasteiger partial charge in [-0.2, -0.15) is 0 Å². The molecule has 0 fully saturated rings. The minimum absolute atomic E-state index is 0.0743. The standard InChI is InChI=1S/C23H19FO4/c24-20-11-18-13-26-15-28-22(18)19(12-20)14-27-23(25)21(16-7-3-1-4-8-16)17-9-5-2-6-10-17/h1-12,21H,13-15H2. The highest BCUT2D eigenvalue weighted by atomic mass is 19.1. The second kappa shape index (κ2) is 8.23. The minimum Gasteiger partial charge on any atom is -0.467 e. The molecule has 0 N–H and O–H groups in total. The molecule has 0 spiro atoms. The zero-order chi connectivity index (χ0) is 19.3. The molecular weight excluding hydrogens is 359 g/mol. The van der Waals surface area contributed by atoms with Crippen molar-refractivity contribution in [2.75, 3.05) is 6.79 Å². The number of carbonyl (C=O) groups excluding carboxylic acids is 1. The van der Waals surface area contributed by atoms with Gasteiger partial charge in [-0.05, 0) is 23.3 Å². The number of benzene rings is 3. The first kappa shape index (κ1) is 18.2. The van der Waals surface area contributed by atoms with Crippen molar-refractivity contribution in [2.45, 2.75) is 19.1 Å². The van der Waals surface area contributed by atoms with E-state index in [2.05, 4.69) is 0 Å². The van der Waals surface area contributed by atoms with Gasteiger partial charge in [0, 0.05) is 11.1 Å². The van der Waals surface area contributed by atoms with Gasteiger partial charge < -0.3 is 14.2 Å². The van der Waals surface area contributed by atoms with Gasteiger partial charge in [0.2, 0.25) is 0 Å². The normalized spacial score (nSPS) is 12.9. The van der Waals surface area contributed by atoms with Crippen molar-refractivity contribution in [3.8, 4) is 5.75 Å². The van der Waals surface area contributed by atoms with Gasteiger partial charge in [0.1, 0.15) is 24.1 Å². The molecule has 28 heavy (non-hydrogen) atoms. The summed E-state index contributed by atoms with van der Waals surface area (Å²) in [6, 6.07) is 21.6. The summed E-state index contributed by atoms with van der Waals surface area (Å²) in [5.41, 5.74) is 2.78. The summed E-state index contributed by atoms with van der Waals surface area (Å²) in [6.45, 7) is 0.288. The summed E-state index contributed by atoms with van der Waals surface area (Å²) < 4.78 is 30.2. The van der Waals surface area contributed by atoms with E-state index in [0.29, 0.717) is 16.9 Å². The van der Waals surface area contributed by atoms with Crippen molar-refractivity contribution >= 4 is 5.97 Å². The van der Waals surface area contributed by atoms with Crippen molar-refractivity contribution < 1.29 is 23.4 Å². The highest BCUT2D eigenvalue weighted by Crippen LogP contribution is 2.31. The molecule has 5 heteroatoms. The van der Waals surface area contributed by atoms with Crippen LogP contribution in [0.1, 0.15) is 28.2 Å². The largest absolute Gasteiger partial charge is 0.467 e. The van der Waals surface area contributed by atoms with Crippen LogP contribution in [0.5, 0.6) is 5.75 Å². The fourth-order valence-corrected chi connectivity index (χ4v) is 3.35. The Morgan fingerprint density at radius 2 is 1.64 bits per heavy atom. The van der Waals surface area contributed by atoms with E-state index in [-0.39, 0.29) is 20.0 Å². The van der Waals surface area contributed by atoms with Crippen LogP contribution in [0, 0.1) is 5.82 Å². The summed E-state index contributed by atoms with van der Waals surface area (Å²) in [5, 5.41) is 0. The van der Waals surface area contributed by atoms with E-state index in [0.717, 1.165) is 11.1 Å². The molecule has 0 aromatic heterocycles. The van der Waals surface area contributed by atoms with Crippen LogP contribution in [0.3, 0.4) is 0 Å². The Morgan fingerprint density at radius 1 is 1.00 bits per heavy atom. The van der Waals surface area contributed by atoms with Gasteiger partial charge >= 0.3 is 5.97 Å². The number of hydrogen-bond acceptors (Lipinski definition) is 4. The molecule has 142 valence electrons. The molecule has 1 heterocycles. The molecule has 0 saturated carbocycles. The first-order valence-electron chi connectivity index (χ1n) is 9.01. The Labute approximate surface area is 162 Å². The van der Waals surface area contributed by atoms with Crippen LogP contribution < -0.4 is 4.74 Å². The number of fused-ring (bicyclic) bond motifs is 1. The van der Waals surface area contributed by atoms with Crippen LogP contribution in [0.4, 0.5) is 4.39 Å². The highest BCUT2D eigenvalue weighted by molar-refractivity contribution is 5.82. The number of hydrogen-bond donors (Lipinski definition) is 0. The molecule has 3 aromatic carbocycles. The third-order valence-corrected chi connectivity index (χ3v) is 4.62. The molecule has 0 saturated heterocycles. The van der Waals surface area contributed by atoms with E-state index in [1.807, 2.05) is 60.7 Å². The Balaban J connectivity index is 1.59. The van der Waals surface area contributed by atoms with Crippen LogP contribution in [-0.2, 0) is 27.5 Å². The topological polar surface area (TPSA) is 44.8 Å². The molecule has 0 aliphatic carbocycles. The van der Waals surface area contributed by atoms with E-state index in [9.17, 15) is 9.18 Å². The second-order valence-corrected chi connectivity index (χ2v) is 6.53. The SMILES string of the molecule is O=C(OCc1cc(F)cc2c1OCOC2)C(c1ccccc1)c1ccccc1. The summed E-state index contributed by atoms with van der Waals surface area (Å²) in [6.07, 6.45) is 0. The Kier molecular flexibility index (Phi) is 5.35. The monoisotopic (exact) mass is 378 g/mol. The molecule has 0 radical (unpaired) electrons. The lowest BCUT2D eigenvalue weighted by atomic mass is 9.91. The van der Waals surface area contributed by atoms with Crippen molar-refractivity contribution in [1.82, 2.24) is 0 Å². The van der Waals surface area contributed by atoms with Crippen LogP contribution in [0.15, 0.2) is 72.8 Å². The third kappa shape index (κ3) is 3.89. The number of halogens is 1. The van der Waals surface area contributed by atoms with Gasteiger partial charge in [-0.15, -0.1) is 0 Å². The van der Waals surface area contributed by atoms with Crippen molar-refractivity contribution in [2.24, 2.45) is 0 Å². The average Bonchev–Trinajstić information content (AvgIpc) is 2.73. The predicted molar refractivity (Wildman–Crippen MR) is 101 cm³/mol. The molecule has 0 bridgehead atoms. The van der Waals surface area contributed by atoms with E-state index in [1.54, 1.807) is 0 Å². The zero-order valence-corrected chi connectivity index (χ0v) is 15.1. The molecular formula is C23H19FO4. The maximum Gasteiger partial charge on any atom is 0.318 e. The van der Waals surface area contributed by atoms with Gasteiger partial charge in [-0.3, -0.25) is 4.79 Å². The fourth-order valence-electron chi connectivity index (χ4n) is 3.35. The quantitative estimate of drug-likeness (QED) is 0.610. The van der Waals surface area contributed by atoms with Crippen LogP contribution in [-0.4, -0.2) is 12.8 Å². The summed E-state index contributed by atoms with van der Waals surface area (Å²) in [7, 11) is 0. The molecule has 0 unspecified atom stereocenters. The first-order chi connectivity index (χ1) is 13.7. The number of esters is 1. The number of rotatable bonds is 5. The molecule has 4 nitrogen and oxygen atoms in total. The zero-order valence-electron chi connectivity index (χ0n) is 15.1. The van der Waals surface area contributed by atoms with Crippen LogP contribution >= 0.6 is 0 Å². The van der Waals surface area contributed by atoms with Crippen LogP contribution in [0.2, 0.25) is 0 Å². The van der Waals surface area contributed by atoms with E-state index in [4.69, 9.17) is 14.2 Å². The third-order valence-electron chi connectivity index (χ3n) is 4.62. The van der Waals surface area contributed by atoms with Gasteiger partial charge in [-0.25, -0.2) is 4.39 Å². The molecule has 0 atom stereocenters. The smallest absolute Gasteiger partial charge is 0.318 e. The van der Waals surface area contributed by atoms with E-state index >= 15 is 0 Å². The van der Waals surface area contributed by atoms with E-state index in [1.165, 1.54) is 12.1 Å². The van der Waals surface area contributed by atoms with E-state index < -0.39 is 17.7 Å². The minimum atomic E-state index is -0.559. The summed E-state index contributed by atoms with van der Waals surface area (Å²) in [5.74, 6) is -0.850. The maximum absolute atomic E-state index is 13.9. The van der Waals surface area contributed by atoms with Crippen molar-refractivity contribution in [3.63, 3.8) is 0 Å². The van der Waals surface area contributed by atoms with Crippen molar-refractivity contribution in [1.29, 1.82) is 0 Å². The average molecular weight is 378 g/mol. The lowest BCUT2D eigenvalue weighted by molar-refractivity contribution is -0.145. The van der Waals surface area contributed by atoms with Gasteiger partial charge in [0.25, 0.3) is 0 Å². The summed E-state index contributed by atoms with van der Waals surface area (Å²) in [4.78, 5) is 13.0. The highest BCUT2D eigenvalue weighted by Gasteiger charge is 2.25. The molecule has 1 aliphatic heterocycles. The lowest BCUT2D eigenvalue weighted by Crippen LogP contribution is -2.19. The molecule has 1 aliphatic rings. The van der Waals surface area contributed by atoms with Gasteiger partial charge in [-0.1, -0.05) is 60.7 Å². The number of ether oxygens (including phenoxy) is 3. The number of carbonyl (C=O) groups is 1. The van der Waals surface area contributed by atoms with Gasteiger partial charge in [0.15, 0.2) is 6.79 Å². The van der Waals surface area contributed by atoms with Crippen LogP contribution in [0.25, 0.3) is 0 Å². The Morgan fingerprint density at radius 3 is 2.29 bits per heavy atom. The second-order valence-electron chi connectivity index (χ2n) is 6.53. The lowest BCUT2D eigenvalue weighted by Gasteiger charge is -2.22. The molecule has 0 amide bonds. The maximum atomic E-state index is 13.9. The first-order valence-corrected chi connectivity index (χ1v) is 9.01. The fraction of sp³-hybridized carbons (Fsp3) is 0.174. The molecule has 3 aromatic rings. The van der Waals surface area contributed by atoms with Crippen molar-refractivity contribution in [3.05, 3.63) is 101 Å². The predicted octanol–water partition coefficient (Wildman–Crippen LogP) is 4.57. The van der Waals surface area contributed by atoms with Gasteiger partial charge in [0.05, 0.1) is 6.61 Å². The summed E-state index contributed by atoms with van der Waals surface area (Å²) >= 11 is 0. The Hall–Kier alpha value is -3.18. The molecule has 4 rings (SSSR count).